The molecule has 3 rings (SSSR count). The molecule has 1 fully saturated rings. The zero-order valence-corrected chi connectivity index (χ0v) is 19.2. The highest BCUT2D eigenvalue weighted by Gasteiger charge is 2.47. The minimum absolute atomic E-state index is 0.0641. The second kappa shape index (κ2) is 9.87. The van der Waals surface area contributed by atoms with E-state index in [9.17, 15) is 14.7 Å². The van der Waals surface area contributed by atoms with Crippen molar-refractivity contribution in [1.82, 2.24) is 9.80 Å². The summed E-state index contributed by atoms with van der Waals surface area (Å²) in [7, 11) is 5.37. The van der Waals surface area contributed by atoms with Crippen LogP contribution in [-0.2, 0) is 9.59 Å². The Morgan fingerprint density at radius 3 is 2.50 bits per heavy atom. The quantitative estimate of drug-likeness (QED) is 0.387. The molecule has 0 aliphatic carbocycles. The van der Waals surface area contributed by atoms with Gasteiger partial charge in [-0.05, 0) is 57.8 Å². The number of aryl methyl sites for hydroxylation is 1. The van der Waals surface area contributed by atoms with Gasteiger partial charge in [0.05, 0.1) is 25.3 Å². The number of methoxy groups -OCH3 is 1. The molecular formula is C25H30N2O5. The molecule has 1 atom stereocenters. The van der Waals surface area contributed by atoms with Crippen molar-refractivity contribution >= 4 is 17.4 Å². The zero-order chi connectivity index (χ0) is 23.4. The number of benzene rings is 2. The van der Waals surface area contributed by atoms with Gasteiger partial charge in [-0.3, -0.25) is 9.59 Å². The molecule has 170 valence electrons. The Morgan fingerprint density at radius 1 is 1.16 bits per heavy atom. The number of hydrogen-bond donors (Lipinski definition) is 1. The van der Waals surface area contributed by atoms with Crippen LogP contribution >= 0.6 is 0 Å². The average molecular weight is 439 g/mol. The largest absolute Gasteiger partial charge is 0.507 e. The van der Waals surface area contributed by atoms with E-state index in [4.69, 9.17) is 9.47 Å². The van der Waals surface area contributed by atoms with Crippen LogP contribution in [0.2, 0.25) is 0 Å². The number of hydrogen-bond acceptors (Lipinski definition) is 6. The molecule has 7 heteroatoms. The zero-order valence-electron chi connectivity index (χ0n) is 19.2. The topological polar surface area (TPSA) is 79.3 Å². The lowest BCUT2D eigenvalue weighted by molar-refractivity contribution is -0.140. The Balaban J connectivity index is 2.21. The number of aliphatic hydroxyl groups is 1. The summed E-state index contributed by atoms with van der Waals surface area (Å²) in [6, 6.07) is 11.8. The lowest BCUT2D eigenvalue weighted by Gasteiger charge is -2.28. The Hall–Kier alpha value is -3.32. The molecule has 32 heavy (non-hydrogen) atoms. The van der Waals surface area contributed by atoms with E-state index in [1.807, 2.05) is 57.1 Å². The highest BCUT2D eigenvalue weighted by atomic mass is 16.5. The van der Waals surface area contributed by atoms with Gasteiger partial charge < -0.3 is 24.4 Å². The number of ether oxygens (including phenoxy) is 2. The van der Waals surface area contributed by atoms with Crippen molar-refractivity contribution in [2.75, 3.05) is 40.9 Å². The van der Waals surface area contributed by atoms with E-state index in [1.165, 1.54) is 4.90 Å². The number of carbonyl (C=O) groups is 2. The maximum atomic E-state index is 13.2. The Morgan fingerprint density at radius 2 is 1.88 bits per heavy atom. The number of nitrogens with zero attached hydrogens (tertiary/aromatic N) is 2. The van der Waals surface area contributed by atoms with E-state index >= 15 is 0 Å². The molecule has 1 heterocycles. The minimum Gasteiger partial charge on any atom is -0.507 e. The molecule has 1 amide bonds. The number of likely N-dealkylation sites (N-methyl/N-ethyl adjacent to an activating group) is 1. The van der Waals surface area contributed by atoms with Gasteiger partial charge in [0, 0.05) is 24.2 Å². The first kappa shape index (κ1) is 23.3. The van der Waals surface area contributed by atoms with Crippen LogP contribution in [0.4, 0.5) is 0 Å². The van der Waals surface area contributed by atoms with Crippen molar-refractivity contribution in [3.63, 3.8) is 0 Å². The number of aliphatic hydroxyl groups excluding tert-OH is 1. The fourth-order valence-electron chi connectivity index (χ4n) is 3.91. The van der Waals surface area contributed by atoms with Crippen molar-refractivity contribution in [2.45, 2.75) is 19.9 Å². The first-order chi connectivity index (χ1) is 15.3. The van der Waals surface area contributed by atoms with Gasteiger partial charge in [0.1, 0.15) is 17.3 Å². The monoisotopic (exact) mass is 438 g/mol. The van der Waals surface area contributed by atoms with E-state index in [1.54, 1.807) is 25.3 Å². The summed E-state index contributed by atoms with van der Waals surface area (Å²) in [5, 5.41) is 11.3. The number of Topliss-reactive ketones (excluding diaryl/α,β-unsaturated/α-hetero) is 1. The maximum Gasteiger partial charge on any atom is 0.295 e. The molecule has 0 unspecified atom stereocenters. The molecule has 1 aliphatic rings. The van der Waals surface area contributed by atoms with Gasteiger partial charge in [-0.1, -0.05) is 18.2 Å². The second-order valence-electron chi connectivity index (χ2n) is 7.95. The van der Waals surface area contributed by atoms with E-state index in [0.29, 0.717) is 42.3 Å². The number of likely N-dealkylation sites (tertiary alicyclic amines) is 1. The van der Waals surface area contributed by atoms with Gasteiger partial charge in [0.15, 0.2) is 0 Å². The molecule has 0 radical (unpaired) electrons. The molecule has 0 bridgehead atoms. The van der Waals surface area contributed by atoms with Crippen LogP contribution in [0.3, 0.4) is 0 Å². The lowest BCUT2D eigenvalue weighted by Crippen LogP contribution is -2.35. The number of amides is 1. The molecule has 7 nitrogen and oxygen atoms in total. The summed E-state index contributed by atoms with van der Waals surface area (Å²) in [6.45, 7) is 5.04. The molecule has 1 aliphatic heterocycles. The van der Waals surface area contributed by atoms with Crippen LogP contribution in [0.15, 0.2) is 48.0 Å². The summed E-state index contributed by atoms with van der Waals surface area (Å²) in [5.74, 6) is -0.311. The highest BCUT2D eigenvalue weighted by Crippen LogP contribution is 2.43. The minimum atomic E-state index is -0.751. The summed E-state index contributed by atoms with van der Waals surface area (Å²) in [6.07, 6.45) is 0. The van der Waals surface area contributed by atoms with E-state index in [-0.39, 0.29) is 11.3 Å². The number of rotatable bonds is 8. The van der Waals surface area contributed by atoms with Crippen LogP contribution in [0.1, 0.15) is 29.7 Å². The molecule has 1 N–H and O–H groups in total. The number of ketones is 1. The first-order valence-corrected chi connectivity index (χ1v) is 10.6. The molecule has 2 aromatic rings. The maximum absolute atomic E-state index is 13.2. The third-order valence-electron chi connectivity index (χ3n) is 5.53. The molecule has 2 aromatic carbocycles. The normalized spacial score (nSPS) is 17.8. The molecule has 0 spiro atoms. The van der Waals surface area contributed by atoms with E-state index < -0.39 is 17.7 Å². The second-order valence-corrected chi connectivity index (χ2v) is 7.95. The van der Waals surface area contributed by atoms with Crippen LogP contribution in [0, 0.1) is 6.92 Å². The summed E-state index contributed by atoms with van der Waals surface area (Å²) in [4.78, 5) is 29.7. The third-order valence-corrected chi connectivity index (χ3v) is 5.53. The average Bonchev–Trinajstić information content (AvgIpc) is 3.02. The first-order valence-electron chi connectivity index (χ1n) is 10.6. The van der Waals surface area contributed by atoms with Crippen LogP contribution in [-0.4, -0.2) is 67.5 Å². The van der Waals surface area contributed by atoms with Gasteiger partial charge in [-0.25, -0.2) is 0 Å². The standard InChI is InChI=1S/C25H30N2O5/c1-6-32-20-10-8-7-9-19(20)22-21(24(29)25(30)27(22)14-13-26(3)4)23(28)18-12-11-17(31-5)15-16(18)2/h7-12,15,22,28H,6,13-14H2,1-5H3/b23-21+/t22-/m1/s1. The smallest absolute Gasteiger partial charge is 0.295 e. The van der Waals surface area contributed by atoms with Gasteiger partial charge in [-0.2, -0.15) is 0 Å². The van der Waals surface area contributed by atoms with Gasteiger partial charge in [-0.15, -0.1) is 0 Å². The molecule has 1 saturated heterocycles. The molecular weight excluding hydrogens is 408 g/mol. The predicted molar refractivity (Wildman–Crippen MR) is 123 cm³/mol. The fourth-order valence-corrected chi connectivity index (χ4v) is 3.91. The van der Waals surface area contributed by atoms with Crippen LogP contribution < -0.4 is 9.47 Å². The van der Waals surface area contributed by atoms with Crippen molar-refractivity contribution in [3.8, 4) is 11.5 Å². The highest BCUT2D eigenvalue weighted by molar-refractivity contribution is 6.46. The van der Waals surface area contributed by atoms with Crippen molar-refractivity contribution in [2.24, 2.45) is 0 Å². The Labute approximate surface area is 188 Å². The van der Waals surface area contributed by atoms with Crippen molar-refractivity contribution in [3.05, 3.63) is 64.7 Å². The Kier molecular flexibility index (Phi) is 7.20. The number of carbonyl (C=O) groups excluding carboxylic acids is 2. The third kappa shape index (κ3) is 4.48. The van der Waals surface area contributed by atoms with E-state index in [0.717, 1.165) is 5.56 Å². The van der Waals surface area contributed by atoms with Crippen LogP contribution in [0.5, 0.6) is 11.5 Å². The summed E-state index contributed by atoms with van der Waals surface area (Å²) < 4.78 is 11.1. The summed E-state index contributed by atoms with van der Waals surface area (Å²) in [5.41, 5.74) is 1.95. The van der Waals surface area contributed by atoms with E-state index in [2.05, 4.69) is 0 Å². The fraction of sp³-hybridized carbons (Fsp3) is 0.360. The van der Waals surface area contributed by atoms with Gasteiger partial charge in [0.25, 0.3) is 11.7 Å². The van der Waals surface area contributed by atoms with Gasteiger partial charge >= 0.3 is 0 Å². The SMILES string of the molecule is CCOc1ccccc1[C@@H]1/C(=C(\O)c2ccc(OC)cc2C)C(=O)C(=O)N1CCN(C)C. The van der Waals surface area contributed by atoms with Crippen LogP contribution in [0.25, 0.3) is 5.76 Å². The van der Waals surface area contributed by atoms with Gasteiger partial charge in [0.2, 0.25) is 0 Å². The Bertz CT molecular complexity index is 1040. The van der Waals surface area contributed by atoms with Crippen molar-refractivity contribution in [1.29, 1.82) is 0 Å². The molecule has 0 saturated carbocycles. The number of para-hydroxylation sites is 1. The van der Waals surface area contributed by atoms with Crippen molar-refractivity contribution < 1.29 is 24.2 Å². The molecule has 0 aromatic heterocycles. The summed E-state index contributed by atoms with van der Waals surface area (Å²) >= 11 is 0. The lowest BCUT2D eigenvalue weighted by atomic mass is 9.93. The predicted octanol–water partition coefficient (Wildman–Crippen LogP) is 3.39.